The minimum Gasteiger partial charge on any atom is -0.542 e. The van der Waals surface area contributed by atoms with E-state index in [1.165, 1.54) is 0 Å². The van der Waals surface area contributed by atoms with E-state index in [-0.39, 0.29) is 32.7 Å². The summed E-state index contributed by atoms with van der Waals surface area (Å²) in [5, 5.41) is 0. The summed E-state index contributed by atoms with van der Waals surface area (Å²) in [4.78, 5) is 9.91. The fourth-order valence-electron chi connectivity index (χ4n) is 0.735. The summed E-state index contributed by atoms with van der Waals surface area (Å²) in [5.41, 5.74) is 0. The van der Waals surface area contributed by atoms with Crippen molar-refractivity contribution in [3.05, 3.63) is 0 Å². The number of carbonyl (C=O) groups excluding carboxylic acids is 1. The van der Waals surface area contributed by atoms with Gasteiger partial charge in [0.1, 0.15) is 0 Å². The first-order valence-electron chi connectivity index (χ1n) is 3.57. The van der Waals surface area contributed by atoms with Gasteiger partial charge < -0.3 is 4.79 Å². The monoisotopic (exact) mass is 216 g/mol. The molecule has 2 atom stereocenters. The topological polar surface area (TPSA) is 17.1 Å². The Morgan fingerprint density at radius 3 is 2.10 bits per heavy atom. The summed E-state index contributed by atoms with van der Waals surface area (Å²) < 4.78 is 0. The Morgan fingerprint density at radius 2 is 1.80 bits per heavy atom. The Hall–Kier alpha value is 0.774. The first-order valence-corrected chi connectivity index (χ1v) is 3.57. The van der Waals surface area contributed by atoms with Gasteiger partial charge in [0.25, 0.3) is 0 Å². The third kappa shape index (κ3) is 5.55. The second-order valence-electron chi connectivity index (χ2n) is 2.71. The van der Waals surface area contributed by atoms with E-state index in [1.807, 2.05) is 6.29 Å². The Balaban J connectivity index is 0. The fraction of sp³-hybridized carbons (Fsp3) is 0.875. The molecule has 0 fully saturated rings. The van der Waals surface area contributed by atoms with Gasteiger partial charge in [0.15, 0.2) is 0 Å². The van der Waals surface area contributed by atoms with Crippen molar-refractivity contribution in [1.82, 2.24) is 0 Å². The third-order valence-electron chi connectivity index (χ3n) is 2.02. The molecule has 0 aromatic rings. The number of hydrogen-bond acceptors (Lipinski definition) is 1. The number of rotatable bonds is 4. The van der Waals surface area contributed by atoms with E-state index >= 15 is 0 Å². The quantitative estimate of drug-likeness (QED) is 0.658. The van der Waals surface area contributed by atoms with Crippen LogP contribution < -0.4 is 0 Å². The van der Waals surface area contributed by atoms with Crippen molar-refractivity contribution in [2.24, 2.45) is 11.8 Å². The predicted octanol–water partition coefficient (Wildman–Crippen LogP) is 2.17. The normalized spacial score (nSPS) is 15.1. The van der Waals surface area contributed by atoms with Crippen molar-refractivity contribution >= 4 is 6.29 Å². The maximum absolute atomic E-state index is 9.91. The molecule has 0 spiro atoms. The molecular formula is C8H15OY-. The average Bonchev–Trinajstić information content (AvgIpc) is 1.87. The molecule has 0 saturated carbocycles. The summed E-state index contributed by atoms with van der Waals surface area (Å²) in [7, 11) is 0. The van der Waals surface area contributed by atoms with E-state index in [4.69, 9.17) is 0 Å². The van der Waals surface area contributed by atoms with Gasteiger partial charge in [-0.1, -0.05) is 33.1 Å². The van der Waals surface area contributed by atoms with Crippen molar-refractivity contribution in [1.29, 1.82) is 0 Å². The molecule has 2 unspecified atom stereocenters. The smallest absolute Gasteiger partial charge is 0 e. The van der Waals surface area contributed by atoms with E-state index in [2.05, 4.69) is 20.8 Å². The van der Waals surface area contributed by atoms with E-state index in [9.17, 15) is 4.79 Å². The second kappa shape index (κ2) is 7.88. The zero-order valence-corrected chi connectivity index (χ0v) is 9.89. The molecule has 0 saturated heterocycles. The largest absolute Gasteiger partial charge is 0.542 e. The van der Waals surface area contributed by atoms with Crippen LogP contribution in [0.15, 0.2) is 0 Å². The van der Waals surface area contributed by atoms with Gasteiger partial charge in [-0.25, -0.2) is 0 Å². The molecule has 0 aliphatic heterocycles. The van der Waals surface area contributed by atoms with Crippen LogP contribution in [0.5, 0.6) is 0 Å². The van der Waals surface area contributed by atoms with E-state index < -0.39 is 0 Å². The van der Waals surface area contributed by atoms with Gasteiger partial charge in [-0.05, 0) is 5.92 Å². The SMILES string of the molecule is CCC(C)C(C)C[C-]=O.[Y]. The van der Waals surface area contributed by atoms with E-state index in [0.717, 1.165) is 6.42 Å². The van der Waals surface area contributed by atoms with Crippen LogP contribution in [-0.2, 0) is 37.5 Å². The minimum absolute atomic E-state index is 0. The van der Waals surface area contributed by atoms with Gasteiger partial charge >= 0.3 is 0 Å². The molecule has 1 radical (unpaired) electrons. The summed E-state index contributed by atoms with van der Waals surface area (Å²) >= 11 is 0. The van der Waals surface area contributed by atoms with Crippen LogP contribution in [0.1, 0.15) is 33.6 Å². The van der Waals surface area contributed by atoms with Gasteiger partial charge in [-0.15, -0.1) is 6.42 Å². The molecule has 0 amide bonds. The molecule has 0 aliphatic carbocycles. The summed E-state index contributed by atoms with van der Waals surface area (Å²) in [6, 6.07) is 0. The molecule has 0 bridgehead atoms. The zero-order chi connectivity index (χ0) is 7.28. The molecule has 0 aromatic carbocycles. The van der Waals surface area contributed by atoms with Crippen molar-refractivity contribution < 1.29 is 37.5 Å². The maximum atomic E-state index is 9.91. The van der Waals surface area contributed by atoms with Crippen LogP contribution in [0.4, 0.5) is 0 Å². The number of hydrogen-bond donors (Lipinski definition) is 0. The standard InChI is InChI=1S/C8H15O.Y/c1-4-7(2)8(3)5-6-9;/h7-8H,4-5H2,1-3H3;/q-1;. The van der Waals surface area contributed by atoms with Crippen LogP contribution in [0.3, 0.4) is 0 Å². The van der Waals surface area contributed by atoms with Crippen molar-refractivity contribution in [2.75, 3.05) is 0 Å². The van der Waals surface area contributed by atoms with Crippen LogP contribution >= 0.6 is 0 Å². The average molecular weight is 216 g/mol. The Bertz CT molecular complexity index is 83.3. The summed E-state index contributed by atoms with van der Waals surface area (Å²) in [6.45, 7) is 6.41. The molecular weight excluding hydrogens is 201 g/mol. The van der Waals surface area contributed by atoms with Crippen LogP contribution in [0, 0.1) is 11.8 Å². The first-order chi connectivity index (χ1) is 4.22. The Labute approximate surface area is 88.8 Å². The molecule has 2 heteroatoms. The minimum atomic E-state index is 0. The maximum Gasteiger partial charge on any atom is 0 e. The van der Waals surface area contributed by atoms with E-state index in [1.54, 1.807) is 0 Å². The van der Waals surface area contributed by atoms with Crippen molar-refractivity contribution in [3.8, 4) is 0 Å². The van der Waals surface area contributed by atoms with Gasteiger partial charge in [0, 0.05) is 32.7 Å². The molecule has 0 rings (SSSR count). The van der Waals surface area contributed by atoms with Gasteiger partial charge in [-0.2, -0.15) is 0 Å². The van der Waals surface area contributed by atoms with Crippen LogP contribution in [0.2, 0.25) is 0 Å². The van der Waals surface area contributed by atoms with E-state index in [0.29, 0.717) is 18.3 Å². The molecule has 0 aromatic heterocycles. The fourth-order valence-corrected chi connectivity index (χ4v) is 0.735. The van der Waals surface area contributed by atoms with Crippen LogP contribution in [0.25, 0.3) is 0 Å². The van der Waals surface area contributed by atoms with Crippen molar-refractivity contribution in [2.45, 2.75) is 33.6 Å². The molecule has 10 heavy (non-hydrogen) atoms. The Morgan fingerprint density at radius 1 is 1.30 bits per heavy atom. The molecule has 0 heterocycles. The second-order valence-corrected chi connectivity index (χ2v) is 2.71. The molecule has 0 N–H and O–H groups in total. The summed E-state index contributed by atoms with van der Waals surface area (Å²) in [5.74, 6) is 1.17. The summed E-state index contributed by atoms with van der Waals surface area (Å²) in [6.07, 6.45) is 3.68. The molecule has 57 valence electrons. The van der Waals surface area contributed by atoms with Gasteiger partial charge in [0.2, 0.25) is 0 Å². The predicted molar refractivity (Wildman–Crippen MR) is 38.9 cm³/mol. The third-order valence-corrected chi connectivity index (χ3v) is 2.02. The molecule has 1 nitrogen and oxygen atoms in total. The first kappa shape index (κ1) is 13.4. The van der Waals surface area contributed by atoms with Gasteiger partial charge in [0.05, 0.1) is 0 Å². The van der Waals surface area contributed by atoms with Gasteiger partial charge in [-0.3, -0.25) is 6.29 Å². The zero-order valence-electron chi connectivity index (χ0n) is 7.05. The van der Waals surface area contributed by atoms with Crippen LogP contribution in [-0.4, -0.2) is 6.29 Å². The Kier molecular flexibility index (Phi) is 10.5. The van der Waals surface area contributed by atoms with Crippen molar-refractivity contribution in [3.63, 3.8) is 0 Å². The molecule has 0 aliphatic rings.